The lowest BCUT2D eigenvalue weighted by atomic mass is 10.0. The minimum atomic E-state index is -0.516. The second-order valence-corrected chi connectivity index (χ2v) is 4.28. The molecule has 0 saturated heterocycles. The maximum atomic E-state index is 13.5. The second kappa shape index (κ2) is 5.27. The number of benzene rings is 2. The first kappa shape index (κ1) is 12.7. The van der Waals surface area contributed by atoms with E-state index in [0.717, 1.165) is 6.07 Å². The lowest BCUT2D eigenvalue weighted by Crippen LogP contribution is -2.05. The third kappa shape index (κ3) is 2.93. The number of hydrogen-bond acceptors (Lipinski definition) is 1. The molecule has 0 bridgehead atoms. The van der Waals surface area contributed by atoms with Crippen LogP contribution in [0.3, 0.4) is 0 Å². The predicted octanol–water partition coefficient (Wildman–Crippen LogP) is 4.04. The first-order valence-electron chi connectivity index (χ1n) is 5.29. The zero-order chi connectivity index (χ0) is 13.1. The zero-order valence-corrected chi connectivity index (χ0v) is 10.0. The van der Waals surface area contributed by atoms with E-state index in [4.69, 9.17) is 11.6 Å². The largest absolute Gasteiger partial charge is 0.294 e. The van der Waals surface area contributed by atoms with Crippen molar-refractivity contribution in [2.75, 3.05) is 0 Å². The Kier molecular flexibility index (Phi) is 3.72. The summed E-state index contributed by atoms with van der Waals surface area (Å²) in [6.07, 6.45) is -0.0748. The van der Waals surface area contributed by atoms with Gasteiger partial charge in [0, 0.05) is 17.0 Å². The number of hydrogen-bond donors (Lipinski definition) is 0. The molecular weight excluding hydrogens is 258 g/mol. The Balaban J connectivity index is 2.18. The number of rotatable bonds is 3. The van der Waals surface area contributed by atoms with Gasteiger partial charge < -0.3 is 0 Å². The Labute approximate surface area is 108 Å². The molecule has 2 rings (SSSR count). The number of carbonyl (C=O) groups excluding carboxylic acids is 1. The number of ketones is 1. The van der Waals surface area contributed by atoms with E-state index in [9.17, 15) is 13.6 Å². The molecule has 0 aliphatic carbocycles. The van der Waals surface area contributed by atoms with Crippen molar-refractivity contribution in [2.45, 2.75) is 6.42 Å². The van der Waals surface area contributed by atoms with Crippen molar-refractivity contribution < 1.29 is 13.6 Å². The molecule has 0 amide bonds. The molecule has 0 atom stereocenters. The van der Waals surface area contributed by atoms with Crippen molar-refractivity contribution >= 4 is 17.4 Å². The first-order chi connectivity index (χ1) is 8.56. The third-order valence-electron chi connectivity index (χ3n) is 2.53. The van der Waals surface area contributed by atoms with Gasteiger partial charge in [-0.25, -0.2) is 8.78 Å². The molecule has 0 N–H and O–H groups in total. The van der Waals surface area contributed by atoms with Gasteiger partial charge in [-0.2, -0.15) is 0 Å². The fourth-order valence-corrected chi connectivity index (χ4v) is 1.73. The summed E-state index contributed by atoms with van der Waals surface area (Å²) in [6, 6.07) is 9.32. The van der Waals surface area contributed by atoms with Crippen LogP contribution in [-0.2, 0) is 6.42 Å². The molecule has 0 heterocycles. The normalized spacial score (nSPS) is 10.4. The van der Waals surface area contributed by atoms with Gasteiger partial charge in [-0.05, 0) is 42.0 Å². The molecule has 1 nitrogen and oxygen atoms in total. The molecule has 18 heavy (non-hydrogen) atoms. The quantitative estimate of drug-likeness (QED) is 0.766. The Bertz CT molecular complexity index is 579. The standard InChI is InChI=1S/C14H9ClF2O/c15-11-4-1-10(13(17)8-11)7-14(18)9-2-5-12(16)6-3-9/h1-6,8H,7H2. The second-order valence-electron chi connectivity index (χ2n) is 3.84. The molecular formula is C14H9ClF2O. The van der Waals surface area contributed by atoms with Crippen LogP contribution in [0.15, 0.2) is 42.5 Å². The SMILES string of the molecule is O=C(Cc1ccc(Cl)cc1F)c1ccc(F)cc1. The van der Waals surface area contributed by atoms with Crippen LogP contribution < -0.4 is 0 Å². The van der Waals surface area contributed by atoms with Crippen molar-refractivity contribution in [3.63, 3.8) is 0 Å². The average Bonchev–Trinajstić information content (AvgIpc) is 2.33. The summed E-state index contributed by atoms with van der Waals surface area (Å²) in [5.74, 6) is -1.20. The number of halogens is 3. The van der Waals surface area contributed by atoms with Crippen LogP contribution in [0, 0.1) is 11.6 Å². The first-order valence-corrected chi connectivity index (χ1v) is 5.67. The van der Waals surface area contributed by atoms with E-state index in [0.29, 0.717) is 5.56 Å². The van der Waals surface area contributed by atoms with Crippen LogP contribution in [0.2, 0.25) is 5.02 Å². The highest BCUT2D eigenvalue weighted by molar-refractivity contribution is 6.30. The van der Waals surface area contributed by atoms with Crippen LogP contribution in [0.1, 0.15) is 15.9 Å². The third-order valence-corrected chi connectivity index (χ3v) is 2.77. The Morgan fingerprint density at radius 1 is 1.06 bits per heavy atom. The van der Waals surface area contributed by atoms with Crippen LogP contribution in [0.4, 0.5) is 8.78 Å². The summed E-state index contributed by atoms with van der Waals surface area (Å²) >= 11 is 5.62. The Morgan fingerprint density at radius 2 is 1.72 bits per heavy atom. The molecule has 0 unspecified atom stereocenters. The molecule has 0 spiro atoms. The van der Waals surface area contributed by atoms with Crippen molar-refractivity contribution in [2.24, 2.45) is 0 Å². The van der Waals surface area contributed by atoms with Crippen molar-refractivity contribution in [3.05, 3.63) is 70.2 Å². The van der Waals surface area contributed by atoms with E-state index in [2.05, 4.69) is 0 Å². The van der Waals surface area contributed by atoms with Crippen molar-refractivity contribution in [1.29, 1.82) is 0 Å². The van der Waals surface area contributed by atoms with Crippen LogP contribution in [-0.4, -0.2) is 5.78 Å². The molecule has 0 aromatic heterocycles. The van der Waals surface area contributed by atoms with E-state index >= 15 is 0 Å². The van der Waals surface area contributed by atoms with Gasteiger partial charge in [-0.15, -0.1) is 0 Å². The number of Topliss-reactive ketones (excluding diaryl/α,β-unsaturated/α-hetero) is 1. The maximum absolute atomic E-state index is 13.5. The van der Waals surface area contributed by atoms with Gasteiger partial charge in [0.15, 0.2) is 5.78 Å². The molecule has 0 aliphatic rings. The summed E-state index contributed by atoms with van der Waals surface area (Å²) in [7, 11) is 0. The molecule has 0 aliphatic heterocycles. The predicted molar refractivity (Wildman–Crippen MR) is 65.8 cm³/mol. The molecule has 4 heteroatoms. The monoisotopic (exact) mass is 266 g/mol. The summed E-state index contributed by atoms with van der Waals surface area (Å²) in [5.41, 5.74) is 0.625. The van der Waals surface area contributed by atoms with Crippen LogP contribution >= 0.6 is 11.6 Å². The summed E-state index contributed by atoms with van der Waals surface area (Å²) < 4.78 is 26.2. The zero-order valence-electron chi connectivity index (χ0n) is 9.29. The Morgan fingerprint density at radius 3 is 2.33 bits per heavy atom. The maximum Gasteiger partial charge on any atom is 0.167 e. The molecule has 0 radical (unpaired) electrons. The van der Waals surface area contributed by atoms with Crippen LogP contribution in [0.25, 0.3) is 0 Å². The highest BCUT2D eigenvalue weighted by Crippen LogP contribution is 2.16. The van der Waals surface area contributed by atoms with Gasteiger partial charge in [0.2, 0.25) is 0 Å². The highest BCUT2D eigenvalue weighted by Gasteiger charge is 2.10. The smallest absolute Gasteiger partial charge is 0.167 e. The topological polar surface area (TPSA) is 17.1 Å². The lowest BCUT2D eigenvalue weighted by Gasteiger charge is -2.03. The van der Waals surface area contributed by atoms with E-state index in [-0.39, 0.29) is 22.8 Å². The highest BCUT2D eigenvalue weighted by atomic mass is 35.5. The Hall–Kier alpha value is -1.74. The number of carbonyl (C=O) groups is 1. The minimum Gasteiger partial charge on any atom is -0.294 e. The van der Waals surface area contributed by atoms with Crippen molar-refractivity contribution in [3.8, 4) is 0 Å². The molecule has 92 valence electrons. The van der Waals surface area contributed by atoms with E-state index in [1.165, 1.54) is 36.4 Å². The summed E-state index contributed by atoms with van der Waals surface area (Å²) in [4.78, 5) is 11.8. The lowest BCUT2D eigenvalue weighted by molar-refractivity contribution is 0.0992. The molecule has 0 fully saturated rings. The van der Waals surface area contributed by atoms with Crippen LogP contribution in [0.5, 0.6) is 0 Å². The van der Waals surface area contributed by atoms with Gasteiger partial charge in [0.1, 0.15) is 11.6 Å². The fourth-order valence-electron chi connectivity index (χ4n) is 1.58. The van der Waals surface area contributed by atoms with Gasteiger partial charge in [-0.3, -0.25) is 4.79 Å². The molecule has 0 saturated carbocycles. The van der Waals surface area contributed by atoms with E-state index in [1.54, 1.807) is 0 Å². The average molecular weight is 267 g/mol. The minimum absolute atomic E-state index is 0.0748. The van der Waals surface area contributed by atoms with Gasteiger partial charge in [0.05, 0.1) is 0 Å². The van der Waals surface area contributed by atoms with Gasteiger partial charge in [0.25, 0.3) is 0 Å². The summed E-state index contributed by atoms with van der Waals surface area (Å²) in [6.45, 7) is 0. The van der Waals surface area contributed by atoms with E-state index in [1.807, 2.05) is 0 Å². The molecule has 2 aromatic rings. The van der Waals surface area contributed by atoms with E-state index < -0.39 is 11.6 Å². The van der Waals surface area contributed by atoms with Gasteiger partial charge >= 0.3 is 0 Å². The fraction of sp³-hybridized carbons (Fsp3) is 0.0714. The summed E-state index contributed by atoms with van der Waals surface area (Å²) in [5, 5.41) is 0.283. The van der Waals surface area contributed by atoms with Crippen molar-refractivity contribution in [1.82, 2.24) is 0 Å². The van der Waals surface area contributed by atoms with Gasteiger partial charge in [-0.1, -0.05) is 17.7 Å². The molecule has 2 aromatic carbocycles.